The van der Waals surface area contributed by atoms with Gasteiger partial charge in [0.25, 0.3) is 11.8 Å². The van der Waals surface area contributed by atoms with E-state index in [1.54, 1.807) is 0 Å². The third-order valence-electron chi connectivity index (χ3n) is 3.60. The van der Waals surface area contributed by atoms with Gasteiger partial charge in [0.15, 0.2) is 0 Å². The van der Waals surface area contributed by atoms with Crippen LogP contribution < -0.4 is 0 Å². The number of rotatable bonds is 5. The topological polar surface area (TPSA) is 37.4 Å². The molecule has 0 aromatic carbocycles. The molecule has 0 aromatic heterocycles. The highest BCUT2D eigenvalue weighted by Gasteiger charge is 2.36. The van der Waals surface area contributed by atoms with Gasteiger partial charge in [0, 0.05) is 18.2 Å². The minimum Gasteiger partial charge on any atom is -0.272 e. The Morgan fingerprint density at radius 2 is 1.38 bits per heavy atom. The van der Waals surface area contributed by atoms with Crippen molar-refractivity contribution >= 4 is 11.8 Å². The second-order valence-corrected chi connectivity index (χ2v) is 4.64. The Labute approximate surface area is 97.5 Å². The number of amides is 2. The van der Waals surface area contributed by atoms with Gasteiger partial charge >= 0.3 is 0 Å². The Bertz CT molecular complexity index is 281. The van der Waals surface area contributed by atoms with Gasteiger partial charge in [0.2, 0.25) is 0 Å². The summed E-state index contributed by atoms with van der Waals surface area (Å²) < 4.78 is 0. The van der Waals surface area contributed by atoms with E-state index in [2.05, 4.69) is 27.7 Å². The highest BCUT2D eigenvalue weighted by Crippen LogP contribution is 2.26. The molecule has 0 aliphatic carbocycles. The summed E-state index contributed by atoms with van der Waals surface area (Å²) in [5, 5.41) is 0. The van der Waals surface area contributed by atoms with E-state index in [0.29, 0.717) is 11.8 Å². The fraction of sp³-hybridized carbons (Fsp3) is 0.692. The second kappa shape index (κ2) is 5.28. The monoisotopic (exact) mass is 223 g/mol. The van der Waals surface area contributed by atoms with Crippen LogP contribution in [0.25, 0.3) is 0 Å². The number of imide groups is 1. The number of carbonyl (C=O) groups excluding carboxylic acids is 2. The third-order valence-corrected chi connectivity index (χ3v) is 3.60. The van der Waals surface area contributed by atoms with Crippen molar-refractivity contribution in [2.45, 2.75) is 46.6 Å². The Kier molecular flexibility index (Phi) is 4.27. The van der Waals surface area contributed by atoms with Crippen LogP contribution in [-0.2, 0) is 9.59 Å². The van der Waals surface area contributed by atoms with Gasteiger partial charge in [-0.1, -0.05) is 40.5 Å². The quantitative estimate of drug-likeness (QED) is 0.671. The molecule has 1 rings (SSSR count). The lowest BCUT2D eigenvalue weighted by atomic mass is 9.86. The van der Waals surface area contributed by atoms with Gasteiger partial charge in [-0.25, -0.2) is 0 Å². The summed E-state index contributed by atoms with van der Waals surface area (Å²) in [7, 11) is 0. The SMILES string of the molecule is CCC(C)C(C(C)CC)N1C(=O)C=CC1=O. The highest BCUT2D eigenvalue weighted by molar-refractivity contribution is 6.13. The first-order valence-electron chi connectivity index (χ1n) is 6.08. The van der Waals surface area contributed by atoms with E-state index in [1.165, 1.54) is 17.1 Å². The largest absolute Gasteiger partial charge is 0.272 e. The van der Waals surface area contributed by atoms with Gasteiger partial charge in [0.1, 0.15) is 0 Å². The lowest BCUT2D eigenvalue weighted by Gasteiger charge is -2.35. The zero-order valence-electron chi connectivity index (χ0n) is 10.6. The molecular formula is C13H21NO2. The summed E-state index contributed by atoms with van der Waals surface area (Å²) in [6, 6.07) is 0.0324. The van der Waals surface area contributed by atoms with E-state index in [4.69, 9.17) is 0 Å². The number of nitrogens with zero attached hydrogens (tertiary/aromatic N) is 1. The predicted octanol–water partition coefficient (Wildman–Crippen LogP) is 2.37. The number of hydrogen-bond acceptors (Lipinski definition) is 2. The van der Waals surface area contributed by atoms with Crippen molar-refractivity contribution in [3.8, 4) is 0 Å². The van der Waals surface area contributed by atoms with Crippen LogP contribution in [0.4, 0.5) is 0 Å². The van der Waals surface area contributed by atoms with Crippen molar-refractivity contribution in [2.24, 2.45) is 11.8 Å². The Morgan fingerprint density at radius 3 is 1.69 bits per heavy atom. The zero-order valence-corrected chi connectivity index (χ0v) is 10.6. The molecule has 16 heavy (non-hydrogen) atoms. The molecule has 0 radical (unpaired) electrons. The second-order valence-electron chi connectivity index (χ2n) is 4.64. The normalized spacial score (nSPS) is 21.4. The van der Waals surface area contributed by atoms with E-state index in [0.717, 1.165) is 12.8 Å². The lowest BCUT2D eigenvalue weighted by Crippen LogP contribution is -2.47. The van der Waals surface area contributed by atoms with Crippen LogP contribution in [0.3, 0.4) is 0 Å². The molecule has 3 nitrogen and oxygen atoms in total. The van der Waals surface area contributed by atoms with Crippen LogP contribution in [0.2, 0.25) is 0 Å². The molecule has 2 unspecified atom stereocenters. The minimum absolute atomic E-state index is 0.0324. The molecule has 1 heterocycles. The van der Waals surface area contributed by atoms with Crippen molar-refractivity contribution in [1.82, 2.24) is 4.90 Å². The Balaban J connectivity index is 2.93. The molecule has 0 N–H and O–H groups in total. The fourth-order valence-electron chi connectivity index (χ4n) is 2.26. The molecule has 0 fully saturated rings. The standard InChI is InChI=1S/C13H21NO2/c1-5-9(3)13(10(4)6-2)14-11(15)7-8-12(14)16/h7-10,13H,5-6H2,1-4H3. The summed E-state index contributed by atoms with van der Waals surface area (Å²) in [6.45, 7) is 8.41. The van der Waals surface area contributed by atoms with E-state index in [1.807, 2.05) is 0 Å². The van der Waals surface area contributed by atoms with Gasteiger partial charge in [-0.15, -0.1) is 0 Å². The van der Waals surface area contributed by atoms with Crippen LogP contribution in [0.15, 0.2) is 12.2 Å². The van der Waals surface area contributed by atoms with Crippen molar-refractivity contribution < 1.29 is 9.59 Å². The van der Waals surface area contributed by atoms with Crippen molar-refractivity contribution in [2.75, 3.05) is 0 Å². The molecule has 2 amide bonds. The van der Waals surface area contributed by atoms with E-state index in [-0.39, 0.29) is 17.9 Å². The van der Waals surface area contributed by atoms with Crippen molar-refractivity contribution in [3.63, 3.8) is 0 Å². The molecule has 3 heteroatoms. The Hall–Kier alpha value is -1.12. The maximum absolute atomic E-state index is 11.7. The van der Waals surface area contributed by atoms with Crippen LogP contribution in [0, 0.1) is 11.8 Å². The van der Waals surface area contributed by atoms with Crippen LogP contribution in [0.1, 0.15) is 40.5 Å². The van der Waals surface area contributed by atoms with Gasteiger partial charge < -0.3 is 0 Å². The van der Waals surface area contributed by atoms with Crippen LogP contribution >= 0.6 is 0 Å². The van der Waals surface area contributed by atoms with Gasteiger partial charge in [-0.2, -0.15) is 0 Å². The molecule has 0 spiro atoms. The number of carbonyl (C=O) groups is 2. The fourth-order valence-corrected chi connectivity index (χ4v) is 2.26. The van der Waals surface area contributed by atoms with Crippen LogP contribution in [-0.4, -0.2) is 22.8 Å². The van der Waals surface area contributed by atoms with E-state index in [9.17, 15) is 9.59 Å². The van der Waals surface area contributed by atoms with Crippen molar-refractivity contribution in [1.29, 1.82) is 0 Å². The van der Waals surface area contributed by atoms with Gasteiger partial charge in [0.05, 0.1) is 0 Å². The lowest BCUT2D eigenvalue weighted by molar-refractivity contribution is -0.142. The smallest absolute Gasteiger partial charge is 0.253 e. The maximum atomic E-state index is 11.7. The molecule has 2 atom stereocenters. The molecule has 1 aliphatic rings. The highest BCUT2D eigenvalue weighted by atomic mass is 16.2. The van der Waals surface area contributed by atoms with E-state index >= 15 is 0 Å². The first-order chi connectivity index (χ1) is 7.52. The molecular weight excluding hydrogens is 202 g/mol. The summed E-state index contributed by atoms with van der Waals surface area (Å²) in [6.07, 6.45) is 4.71. The van der Waals surface area contributed by atoms with E-state index < -0.39 is 0 Å². The summed E-state index contributed by atoms with van der Waals surface area (Å²) in [5.74, 6) is 0.386. The first kappa shape index (κ1) is 12.9. The molecule has 0 aromatic rings. The maximum Gasteiger partial charge on any atom is 0.253 e. The summed E-state index contributed by atoms with van der Waals surface area (Å²) in [4.78, 5) is 24.8. The number of hydrogen-bond donors (Lipinski definition) is 0. The molecule has 0 bridgehead atoms. The van der Waals surface area contributed by atoms with Gasteiger partial charge in [-0.05, 0) is 11.8 Å². The minimum atomic E-state index is -0.157. The first-order valence-corrected chi connectivity index (χ1v) is 6.08. The molecule has 0 saturated carbocycles. The summed E-state index contributed by atoms with van der Waals surface area (Å²) in [5.41, 5.74) is 0. The molecule has 1 aliphatic heterocycles. The van der Waals surface area contributed by atoms with Crippen molar-refractivity contribution in [3.05, 3.63) is 12.2 Å². The molecule has 90 valence electrons. The van der Waals surface area contributed by atoms with Gasteiger partial charge in [-0.3, -0.25) is 14.5 Å². The zero-order chi connectivity index (χ0) is 12.3. The average Bonchev–Trinajstić information content (AvgIpc) is 2.60. The molecule has 0 saturated heterocycles. The predicted molar refractivity (Wildman–Crippen MR) is 63.7 cm³/mol. The third kappa shape index (κ3) is 2.34. The summed E-state index contributed by atoms with van der Waals surface area (Å²) >= 11 is 0. The average molecular weight is 223 g/mol. The Morgan fingerprint density at radius 1 is 1.00 bits per heavy atom. The van der Waals surface area contributed by atoms with Crippen LogP contribution in [0.5, 0.6) is 0 Å².